The second-order valence-electron chi connectivity index (χ2n) is 2.83. The lowest BCUT2D eigenvalue weighted by atomic mass is 10.1. The van der Waals surface area contributed by atoms with Crippen molar-refractivity contribution in [3.63, 3.8) is 0 Å². The van der Waals surface area contributed by atoms with E-state index in [0.29, 0.717) is 6.61 Å². The van der Waals surface area contributed by atoms with Gasteiger partial charge in [0.2, 0.25) is 0 Å². The number of esters is 1. The van der Waals surface area contributed by atoms with Gasteiger partial charge in [-0.05, 0) is 11.1 Å². The molecule has 1 aromatic rings. The highest BCUT2D eigenvalue weighted by Crippen LogP contribution is 2.10. The molecular weight excluding hydrogens is 218 g/mol. The van der Waals surface area contributed by atoms with Gasteiger partial charge in [-0.1, -0.05) is 24.3 Å². The minimum Gasteiger partial charge on any atom is -0.469 e. The summed E-state index contributed by atoms with van der Waals surface area (Å²) in [6.45, 7) is 0.299. The zero-order valence-electron chi connectivity index (χ0n) is 8.43. The van der Waals surface area contributed by atoms with Crippen LogP contribution in [-0.4, -0.2) is 13.1 Å². The summed E-state index contributed by atoms with van der Waals surface area (Å²) in [5.41, 5.74) is 1.78. The van der Waals surface area contributed by atoms with Crippen LogP contribution in [-0.2, 0) is 27.4 Å². The molecular formula is C10H14ClNO3. The molecule has 0 heterocycles. The molecule has 0 saturated heterocycles. The molecule has 0 amide bonds. The molecule has 0 aliphatic carbocycles. The molecule has 15 heavy (non-hydrogen) atoms. The molecule has 0 spiro atoms. The average Bonchev–Trinajstić information content (AvgIpc) is 2.21. The fraction of sp³-hybridized carbons (Fsp3) is 0.300. The summed E-state index contributed by atoms with van der Waals surface area (Å²) in [4.78, 5) is 15.6. The summed E-state index contributed by atoms with van der Waals surface area (Å²) in [5.74, 6) is 4.71. The first-order valence-corrected chi connectivity index (χ1v) is 4.23. The van der Waals surface area contributed by atoms with Crippen molar-refractivity contribution < 1.29 is 14.4 Å². The Bertz CT molecular complexity index is 317. The lowest BCUT2D eigenvalue weighted by Crippen LogP contribution is -2.08. The Balaban J connectivity index is 0.00000196. The van der Waals surface area contributed by atoms with Crippen LogP contribution in [0, 0.1) is 0 Å². The zero-order chi connectivity index (χ0) is 10.4. The summed E-state index contributed by atoms with van der Waals surface area (Å²) in [5, 5.41) is 0. The van der Waals surface area contributed by atoms with Crippen molar-refractivity contribution in [2.24, 2.45) is 5.90 Å². The van der Waals surface area contributed by atoms with Gasteiger partial charge in [0.25, 0.3) is 0 Å². The molecule has 0 aliphatic rings. The van der Waals surface area contributed by atoms with Gasteiger partial charge in [-0.25, -0.2) is 5.90 Å². The molecule has 0 radical (unpaired) electrons. The number of halogens is 1. The van der Waals surface area contributed by atoms with Crippen molar-refractivity contribution >= 4 is 18.4 Å². The number of nitrogens with two attached hydrogens (primary N) is 1. The predicted molar refractivity (Wildman–Crippen MR) is 58.4 cm³/mol. The minimum absolute atomic E-state index is 0. The summed E-state index contributed by atoms with van der Waals surface area (Å²) in [6.07, 6.45) is 0.246. The third-order valence-electron chi connectivity index (χ3n) is 1.92. The molecule has 1 aromatic carbocycles. The first kappa shape index (κ1) is 13.9. The van der Waals surface area contributed by atoms with Gasteiger partial charge in [0, 0.05) is 0 Å². The maximum absolute atomic E-state index is 11.0. The highest BCUT2D eigenvalue weighted by Gasteiger charge is 2.06. The molecule has 0 bridgehead atoms. The number of carbonyl (C=O) groups excluding carboxylic acids is 1. The summed E-state index contributed by atoms with van der Waals surface area (Å²) in [7, 11) is 1.37. The van der Waals surface area contributed by atoms with Gasteiger partial charge < -0.3 is 4.74 Å². The lowest BCUT2D eigenvalue weighted by Gasteiger charge is -2.06. The van der Waals surface area contributed by atoms with Gasteiger partial charge >= 0.3 is 5.97 Å². The third-order valence-corrected chi connectivity index (χ3v) is 1.92. The van der Waals surface area contributed by atoms with Gasteiger partial charge in [-0.2, -0.15) is 0 Å². The van der Waals surface area contributed by atoms with Gasteiger partial charge in [0.1, 0.15) is 0 Å². The minimum atomic E-state index is -0.269. The molecule has 0 saturated carbocycles. The number of ether oxygens (including phenoxy) is 1. The molecule has 0 unspecified atom stereocenters. The maximum Gasteiger partial charge on any atom is 0.309 e. The molecule has 0 aromatic heterocycles. The average molecular weight is 232 g/mol. The number of rotatable bonds is 4. The van der Waals surface area contributed by atoms with Crippen LogP contribution >= 0.6 is 12.4 Å². The molecule has 1 rings (SSSR count). The summed E-state index contributed by atoms with van der Waals surface area (Å²) in [6, 6.07) is 7.45. The maximum atomic E-state index is 11.0. The Morgan fingerprint density at radius 2 is 1.93 bits per heavy atom. The van der Waals surface area contributed by atoms with Crippen molar-refractivity contribution in [1.82, 2.24) is 0 Å². The van der Waals surface area contributed by atoms with Gasteiger partial charge in [0.15, 0.2) is 0 Å². The van der Waals surface area contributed by atoms with Crippen LogP contribution in [0.1, 0.15) is 11.1 Å². The molecule has 5 heteroatoms. The Kier molecular flexibility index (Phi) is 6.70. The second-order valence-corrected chi connectivity index (χ2v) is 2.83. The van der Waals surface area contributed by atoms with E-state index >= 15 is 0 Å². The number of hydrogen-bond donors (Lipinski definition) is 1. The molecule has 2 N–H and O–H groups in total. The summed E-state index contributed by atoms with van der Waals surface area (Å²) >= 11 is 0. The van der Waals surface area contributed by atoms with E-state index in [-0.39, 0.29) is 24.8 Å². The number of benzene rings is 1. The lowest BCUT2D eigenvalue weighted by molar-refractivity contribution is -0.139. The largest absolute Gasteiger partial charge is 0.469 e. The van der Waals surface area contributed by atoms with Crippen LogP contribution in [0.4, 0.5) is 0 Å². The Hall–Kier alpha value is -1.10. The van der Waals surface area contributed by atoms with E-state index in [2.05, 4.69) is 9.57 Å². The smallest absolute Gasteiger partial charge is 0.309 e. The van der Waals surface area contributed by atoms with E-state index in [1.807, 2.05) is 24.3 Å². The fourth-order valence-electron chi connectivity index (χ4n) is 1.19. The highest BCUT2D eigenvalue weighted by molar-refractivity contribution is 5.85. The van der Waals surface area contributed by atoms with Crippen LogP contribution in [0.15, 0.2) is 24.3 Å². The van der Waals surface area contributed by atoms with Crippen molar-refractivity contribution in [3.8, 4) is 0 Å². The van der Waals surface area contributed by atoms with E-state index < -0.39 is 0 Å². The van der Waals surface area contributed by atoms with Crippen molar-refractivity contribution in [2.45, 2.75) is 13.0 Å². The van der Waals surface area contributed by atoms with Crippen LogP contribution in [0.5, 0.6) is 0 Å². The van der Waals surface area contributed by atoms with E-state index in [0.717, 1.165) is 11.1 Å². The quantitative estimate of drug-likeness (QED) is 0.625. The Labute approximate surface area is 94.7 Å². The zero-order valence-corrected chi connectivity index (χ0v) is 9.25. The predicted octanol–water partition coefficient (Wildman–Crippen LogP) is 1.21. The van der Waals surface area contributed by atoms with Crippen LogP contribution in [0.2, 0.25) is 0 Å². The first-order valence-electron chi connectivity index (χ1n) is 4.23. The van der Waals surface area contributed by atoms with Gasteiger partial charge in [-0.15, -0.1) is 12.4 Å². The molecule has 0 fully saturated rings. The van der Waals surface area contributed by atoms with E-state index in [1.54, 1.807) is 0 Å². The van der Waals surface area contributed by atoms with E-state index in [9.17, 15) is 4.79 Å². The summed E-state index contributed by atoms with van der Waals surface area (Å²) < 4.78 is 4.58. The Morgan fingerprint density at radius 3 is 2.47 bits per heavy atom. The van der Waals surface area contributed by atoms with Crippen molar-refractivity contribution in [1.29, 1.82) is 0 Å². The first-order chi connectivity index (χ1) is 6.77. The fourth-order valence-corrected chi connectivity index (χ4v) is 1.19. The highest BCUT2D eigenvalue weighted by atomic mass is 35.5. The van der Waals surface area contributed by atoms with E-state index in [1.165, 1.54) is 7.11 Å². The van der Waals surface area contributed by atoms with Crippen LogP contribution in [0.25, 0.3) is 0 Å². The third kappa shape index (κ3) is 4.29. The molecule has 84 valence electrons. The number of methoxy groups -OCH3 is 1. The van der Waals surface area contributed by atoms with Crippen molar-refractivity contribution in [2.75, 3.05) is 7.11 Å². The van der Waals surface area contributed by atoms with Gasteiger partial charge in [-0.3, -0.25) is 9.63 Å². The molecule has 4 nitrogen and oxygen atoms in total. The number of carbonyl (C=O) groups is 1. The monoisotopic (exact) mass is 231 g/mol. The van der Waals surface area contributed by atoms with E-state index in [4.69, 9.17) is 5.90 Å². The molecule has 0 atom stereocenters. The normalized spacial score (nSPS) is 9.20. The second kappa shape index (κ2) is 7.23. The SMILES string of the molecule is COC(=O)Cc1ccccc1CON.Cl. The Morgan fingerprint density at radius 1 is 1.33 bits per heavy atom. The van der Waals surface area contributed by atoms with Gasteiger partial charge in [0.05, 0.1) is 20.1 Å². The standard InChI is InChI=1S/C10H13NO3.ClH/c1-13-10(12)6-8-4-2-3-5-9(8)7-14-11;/h2-5H,6-7,11H2,1H3;1H. The van der Waals surface area contributed by atoms with Crippen LogP contribution in [0.3, 0.4) is 0 Å². The molecule has 0 aliphatic heterocycles. The number of hydrogen-bond acceptors (Lipinski definition) is 4. The van der Waals surface area contributed by atoms with Crippen LogP contribution < -0.4 is 5.90 Å². The topological polar surface area (TPSA) is 61.5 Å². The van der Waals surface area contributed by atoms with Crippen molar-refractivity contribution in [3.05, 3.63) is 35.4 Å².